The number of nitrogens with zero attached hydrogens (tertiary/aromatic N) is 1. The standard InChI is InChI=1S/C19H22BrClN2/c1-13(23(2)15-6-4-3-5-7-15)12-22-19-9-8-16-17(19)10-14(21)11-18(16)20/h3-7,10-11,13,19,22H,8-9,12H2,1-2H3. The Morgan fingerprint density at radius 1 is 1.30 bits per heavy atom. The van der Waals surface area contributed by atoms with Gasteiger partial charge in [-0.05, 0) is 55.2 Å². The van der Waals surface area contributed by atoms with E-state index in [4.69, 9.17) is 11.6 Å². The van der Waals surface area contributed by atoms with Crippen molar-refractivity contribution in [2.24, 2.45) is 0 Å². The number of hydrogen-bond acceptors (Lipinski definition) is 2. The highest BCUT2D eigenvalue weighted by molar-refractivity contribution is 9.10. The summed E-state index contributed by atoms with van der Waals surface area (Å²) in [6.45, 7) is 3.20. The molecule has 0 fully saturated rings. The van der Waals surface area contributed by atoms with Crippen LogP contribution in [0.2, 0.25) is 5.02 Å². The van der Waals surface area contributed by atoms with Gasteiger partial charge in [-0.1, -0.05) is 45.7 Å². The molecule has 1 aliphatic carbocycles. The Balaban J connectivity index is 1.64. The van der Waals surface area contributed by atoms with Gasteiger partial charge in [-0.2, -0.15) is 0 Å². The summed E-state index contributed by atoms with van der Waals surface area (Å²) in [7, 11) is 2.15. The van der Waals surface area contributed by atoms with Crippen molar-refractivity contribution in [2.45, 2.75) is 31.8 Å². The van der Waals surface area contributed by atoms with E-state index in [0.717, 1.165) is 28.9 Å². The van der Waals surface area contributed by atoms with Crippen LogP contribution < -0.4 is 10.2 Å². The van der Waals surface area contributed by atoms with Crippen LogP contribution in [0, 0.1) is 0 Å². The first-order valence-corrected chi connectivity index (χ1v) is 9.22. The molecule has 2 aromatic rings. The summed E-state index contributed by atoms with van der Waals surface area (Å²) in [5.41, 5.74) is 3.99. The third kappa shape index (κ3) is 3.73. The van der Waals surface area contributed by atoms with Gasteiger partial charge in [0.1, 0.15) is 0 Å². The van der Waals surface area contributed by atoms with Crippen LogP contribution >= 0.6 is 27.5 Å². The molecule has 0 saturated carbocycles. The summed E-state index contributed by atoms with van der Waals surface area (Å²) in [6.07, 6.45) is 2.24. The van der Waals surface area contributed by atoms with E-state index in [2.05, 4.69) is 76.5 Å². The fraction of sp³-hybridized carbons (Fsp3) is 0.368. The van der Waals surface area contributed by atoms with Crippen LogP contribution in [0.15, 0.2) is 46.9 Å². The highest BCUT2D eigenvalue weighted by atomic mass is 79.9. The quantitative estimate of drug-likeness (QED) is 0.750. The molecule has 23 heavy (non-hydrogen) atoms. The molecule has 2 unspecified atom stereocenters. The molecule has 1 N–H and O–H groups in total. The second kappa shape index (κ2) is 7.25. The third-order valence-electron chi connectivity index (χ3n) is 4.74. The lowest BCUT2D eigenvalue weighted by atomic mass is 10.1. The summed E-state index contributed by atoms with van der Waals surface area (Å²) in [5.74, 6) is 0. The van der Waals surface area contributed by atoms with Gasteiger partial charge in [0.15, 0.2) is 0 Å². The second-order valence-electron chi connectivity index (χ2n) is 6.25. The normalized spacial score (nSPS) is 17.8. The zero-order valence-electron chi connectivity index (χ0n) is 13.5. The Bertz CT molecular complexity index is 675. The predicted molar refractivity (Wildman–Crippen MR) is 103 cm³/mol. The maximum Gasteiger partial charge on any atom is 0.0420 e. The monoisotopic (exact) mass is 392 g/mol. The van der Waals surface area contributed by atoms with E-state index in [9.17, 15) is 0 Å². The van der Waals surface area contributed by atoms with Crippen molar-refractivity contribution in [1.82, 2.24) is 5.32 Å². The minimum absolute atomic E-state index is 0.395. The number of fused-ring (bicyclic) bond motifs is 1. The molecule has 0 heterocycles. The Labute approximate surface area is 152 Å². The van der Waals surface area contributed by atoms with Crippen LogP contribution in [0.5, 0.6) is 0 Å². The molecule has 2 atom stereocenters. The van der Waals surface area contributed by atoms with Crippen molar-refractivity contribution in [3.05, 3.63) is 63.1 Å². The topological polar surface area (TPSA) is 15.3 Å². The van der Waals surface area contributed by atoms with E-state index in [0.29, 0.717) is 12.1 Å². The lowest BCUT2D eigenvalue weighted by molar-refractivity contribution is 0.494. The Morgan fingerprint density at radius 2 is 2.04 bits per heavy atom. The molecule has 0 saturated heterocycles. The molecular weight excluding hydrogens is 372 g/mol. The maximum atomic E-state index is 6.22. The van der Waals surface area contributed by atoms with E-state index in [1.54, 1.807) is 0 Å². The minimum atomic E-state index is 0.395. The average molecular weight is 394 g/mol. The molecule has 0 aromatic heterocycles. The smallest absolute Gasteiger partial charge is 0.0420 e. The molecule has 0 amide bonds. The first-order valence-electron chi connectivity index (χ1n) is 8.05. The van der Waals surface area contributed by atoms with Gasteiger partial charge < -0.3 is 10.2 Å². The van der Waals surface area contributed by atoms with Crippen LogP contribution in [-0.4, -0.2) is 19.6 Å². The van der Waals surface area contributed by atoms with Crippen molar-refractivity contribution in [3.8, 4) is 0 Å². The van der Waals surface area contributed by atoms with E-state index in [-0.39, 0.29) is 0 Å². The summed E-state index contributed by atoms with van der Waals surface area (Å²) < 4.78 is 1.14. The molecule has 1 aliphatic rings. The van der Waals surface area contributed by atoms with Crippen LogP contribution in [0.3, 0.4) is 0 Å². The van der Waals surface area contributed by atoms with E-state index in [1.807, 2.05) is 6.07 Å². The van der Waals surface area contributed by atoms with Gasteiger partial charge in [0.25, 0.3) is 0 Å². The van der Waals surface area contributed by atoms with Crippen LogP contribution in [0.4, 0.5) is 5.69 Å². The Morgan fingerprint density at radius 3 is 2.78 bits per heavy atom. The van der Waals surface area contributed by atoms with E-state index >= 15 is 0 Å². The van der Waals surface area contributed by atoms with Gasteiger partial charge in [-0.15, -0.1) is 0 Å². The number of rotatable bonds is 5. The Kier molecular flexibility index (Phi) is 5.30. The van der Waals surface area contributed by atoms with Crippen LogP contribution in [0.1, 0.15) is 30.5 Å². The largest absolute Gasteiger partial charge is 0.371 e. The van der Waals surface area contributed by atoms with Crippen molar-refractivity contribution >= 4 is 33.2 Å². The molecule has 0 aliphatic heterocycles. The van der Waals surface area contributed by atoms with E-state index in [1.165, 1.54) is 16.8 Å². The minimum Gasteiger partial charge on any atom is -0.371 e. The SMILES string of the molecule is CC(CNC1CCc2c(Br)cc(Cl)cc21)N(C)c1ccccc1. The average Bonchev–Trinajstić information content (AvgIpc) is 2.96. The summed E-state index contributed by atoms with van der Waals surface area (Å²) >= 11 is 9.86. The highest BCUT2D eigenvalue weighted by Crippen LogP contribution is 2.38. The number of benzene rings is 2. The summed E-state index contributed by atoms with van der Waals surface area (Å²) in [6, 6.07) is 15.4. The van der Waals surface area contributed by atoms with Crippen molar-refractivity contribution < 1.29 is 0 Å². The van der Waals surface area contributed by atoms with Gasteiger partial charge >= 0.3 is 0 Å². The molecule has 2 aromatic carbocycles. The highest BCUT2D eigenvalue weighted by Gasteiger charge is 2.25. The number of nitrogens with one attached hydrogen (secondary N) is 1. The molecule has 4 heteroatoms. The molecule has 122 valence electrons. The lowest BCUT2D eigenvalue weighted by Gasteiger charge is -2.28. The van der Waals surface area contributed by atoms with Gasteiger partial charge in [-0.3, -0.25) is 0 Å². The fourth-order valence-electron chi connectivity index (χ4n) is 3.22. The summed E-state index contributed by atoms with van der Waals surface area (Å²) in [4.78, 5) is 2.32. The number of para-hydroxylation sites is 1. The zero-order chi connectivity index (χ0) is 16.4. The zero-order valence-corrected chi connectivity index (χ0v) is 15.9. The molecular formula is C19H22BrClN2. The summed E-state index contributed by atoms with van der Waals surface area (Å²) in [5, 5.41) is 4.53. The van der Waals surface area contributed by atoms with Gasteiger partial charge in [0.05, 0.1) is 0 Å². The van der Waals surface area contributed by atoms with E-state index < -0.39 is 0 Å². The molecule has 0 bridgehead atoms. The van der Waals surface area contributed by atoms with Gasteiger partial charge in [0.2, 0.25) is 0 Å². The van der Waals surface area contributed by atoms with Crippen LogP contribution in [0.25, 0.3) is 0 Å². The van der Waals surface area contributed by atoms with Crippen molar-refractivity contribution in [2.75, 3.05) is 18.5 Å². The molecule has 3 rings (SSSR count). The predicted octanol–water partition coefficient (Wildman–Crippen LogP) is 5.20. The first kappa shape index (κ1) is 16.8. The number of halogens is 2. The van der Waals surface area contributed by atoms with Gasteiger partial charge in [0, 0.05) is 40.9 Å². The maximum absolute atomic E-state index is 6.22. The lowest BCUT2D eigenvalue weighted by Crippen LogP contribution is -2.39. The van der Waals surface area contributed by atoms with Crippen LogP contribution in [-0.2, 0) is 6.42 Å². The van der Waals surface area contributed by atoms with Gasteiger partial charge in [-0.25, -0.2) is 0 Å². The molecule has 0 spiro atoms. The number of likely N-dealkylation sites (N-methyl/N-ethyl adjacent to an activating group) is 1. The number of hydrogen-bond donors (Lipinski definition) is 1. The fourth-order valence-corrected chi connectivity index (χ4v) is 4.25. The Hall–Kier alpha value is -1.03. The third-order valence-corrected chi connectivity index (χ3v) is 5.66. The molecule has 2 nitrogen and oxygen atoms in total. The second-order valence-corrected chi connectivity index (χ2v) is 7.54. The van der Waals surface area contributed by atoms with Crippen molar-refractivity contribution in [3.63, 3.8) is 0 Å². The molecule has 0 radical (unpaired) electrons. The number of anilines is 1. The first-order chi connectivity index (χ1) is 11.1. The van der Waals surface area contributed by atoms with Crippen molar-refractivity contribution in [1.29, 1.82) is 0 Å².